The highest BCUT2D eigenvalue weighted by Crippen LogP contribution is 2.32. The Labute approximate surface area is 195 Å². The Morgan fingerprint density at radius 3 is 2.48 bits per heavy atom. The first-order valence-electron chi connectivity index (χ1n) is 9.44. The third-order valence-corrected chi connectivity index (χ3v) is 5.31. The van der Waals surface area contributed by atoms with E-state index in [-0.39, 0.29) is 23.1 Å². The van der Waals surface area contributed by atoms with Gasteiger partial charge < -0.3 is 15.6 Å². The number of hydrogen-bond acceptors (Lipinski definition) is 5. The summed E-state index contributed by atoms with van der Waals surface area (Å²) in [5.41, 5.74) is 6.67. The maximum Gasteiger partial charge on any atom is 0.325 e. The van der Waals surface area contributed by atoms with Gasteiger partial charge in [0.1, 0.15) is 24.7 Å². The molecule has 2 amide bonds. The lowest BCUT2D eigenvalue weighted by Gasteiger charge is -2.22. The number of ether oxygens (including phenoxy) is 1. The molecular formula is C22H18ClFN3O5P. The largest absolute Gasteiger partial charge is 0.481 e. The molecule has 0 aliphatic rings. The number of carbonyl (C=O) groups excluding carboxylic acids is 2. The molecular weight excluding hydrogens is 472 g/mol. The second-order valence-electron chi connectivity index (χ2n) is 6.73. The van der Waals surface area contributed by atoms with Crippen LogP contribution in [0.25, 0.3) is 11.3 Å². The predicted molar refractivity (Wildman–Crippen MR) is 124 cm³/mol. The van der Waals surface area contributed by atoms with E-state index in [0.29, 0.717) is 22.1 Å². The fourth-order valence-electron chi connectivity index (χ4n) is 3.08. The van der Waals surface area contributed by atoms with Crippen LogP contribution in [0.2, 0.25) is 5.02 Å². The number of nitrogens with zero attached hydrogens (tertiary/aromatic N) is 2. The number of benzene rings is 2. The summed E-state index contributed by atoms with van der Waals surface area (Å²) in [5.74, 6) is -2.85. The number of rotatable bonds is 7. The molecule has 1 unspecified atom stereocenters. The molecule has 0 fully saturated rings. The van der Waals surface area contributed by atoms with Crippen molar-refractivity contribution in [1.29, 1.82) is 0 Å². The van der Waals surface area contributed by atoms with Crippen molar-refractivity contribution in [3.8, 4) is 11.3 Å². The van der Waals surface area contributed by atoms with E-state index in [0.717, 1.165) is 4.90 Å². The van der Waals surface area contributed by atoms with E-state index in [4.69, 9.17) is 27.2 Å². The number of aromatic nitrogens is 1. The van der Waals surface area contributed by atoms with E-state index in [1.165, 1.54) is 18.2 Å². The standard InChI is InChI=1S/C22H18ClFN3O5P/c23-14-5-1-4-12(13(14)11-32-20(30)10-19(28)29)16-7-3-9-18(26-16)27(22(25)31)21-15(24)6-2-8-17(21)33/h1-9H,10-11,33H2,(H2,25,31)(H,28,29). The highest BCUT2D eigenvalue weighted by molar-refractivity contribution is 7.28. The number of aliphatic carboxylic acids is 1. The summed E-state index contributed by atoms with van der Waals surface area (Å²) in [6, 6.07) is 12.9. The molecule has 0 spiro atoms. The zero-order valence-corrected chi connectivity index (χ0v) is 18.9. The Morgan fingerprint density at radius 1 is 1.12 bits per heavy atom. The van der Waals surface area contributed by atoms with Gasteiger partial charge in [0.2, 0.25) is 0 Å². The van der Waals surface area contributed by atoms with Gasteiger partial charge in [-0.1, -0.05) is 41.9 Å². The molecule has 2 aromatic carbocycles. The van der Waals surface area contributed by atoms with Crippen molar-refractivity contribution in [2.24, 2.45) is 5.73 Å². The minimum atomic E-state index is -1.32. The number of pyridine rings is 1. The van der Waals surface area contributed by atoms with Gasteiger partial charge in [-0.25, -0.2) is 19.1 Å². The Balaban J connectivity index is 2.03. The first-order chi connectivity index (χ1) is 15.7. The van der Waals surface area contributed by atoms with Gasteiger partial charge in [0.05, 0.1) is 11.4 Å². The van der Waals surface area contributed by atoms with Gasteiger partial charge in [-0.05, 0) is 29.6 Å². The highest BCUT2D eigenvalue weighted by Gasteiger charge is 2.23. The Bertz CT molecular complexity index is 1220. The predicted octanol–water partition coefficient (Wildman–Crippen LogP) is 3.78. The summed E-state index contributed by atoms with van der Waals surface area (Å²) in [6.07, 6.45) is -0.791. The van der Waals surface area contributed by atoms with Gasteiger partial charge in [-0.3, -0.25) is 9.59 Å². The van der Waals surface area contributed by atoms with Crippen LogP contribution in [0, 0.1) is 5.82 Å². The number of nitrogens with two attached hydrogens (primary N) is 1. The third-order valence-electron chi connectivity index (χ3n) is 4.49. The number of hydrogen-bond donors (Lipinski definition) is 2. The maximum atomic E-state index is 14.6. The number of para-hydroxylation sites is 1. The molecule has 8 nitrogen and oxygen atoms in total. The lowest BCUT2D eigenvalue weighted by atomic mass is 10.0. The molecule has 1 aromatic heterocycles. The monoisotopic (exact) mass is 489 g/mol. The SMILES string of the molecule is NC(=O)N(c1cccc(-c2cccc(Cl)c2COC(=O)CC(=O)O)n1)c1c(F)cccc1P. The van der Waals surface area contributed by atoms with Crippen LogP contribution in [0.15, 0.2) is 54.6 Å². The molecule has 3 N–H and O–H groups in total. The molecule has 3 aromatic rings. The van der Waals surface area contributed by atoms with Crippen LogP contribution in [0.3, 0.4) is 0 Å². The van der Waals surface area contributed by atoms with Crippen LogP contribution in [-0.4, -0.2) is 28.1 Å². The van der Waals surface area contributed by atoms with Gasteiger partial charge in [-0.15, -0.1) is 9.24 Å². The number of primary amides is 1. The highest BCUT2D eigenvalue weighted by atomic mass is 35.5. The number of amides is 2. The second kappa shape index (κ2) is 10.4. The van der Waals surface area contributed by atoms with E-state index in [2.05, 4.69) is 14.2 Å². The van der Waals surface area contributed by atoms with Gasteiger partial charge in [0.25, 0.3) is 0 Å². The fraction of sp³-hybridized carbons (Fsp3) is 0.0909. The lowest BCUT2D eigenvalue weighted by molar-refractivity contribution is -0.152. The van der Waals surface area contributed by atoms with Crippen molar-refractivity contribution >= 4 is 55.6 Å². The number of halogens is 2. The number of carboxylic acid groups (broad SMARTS) is 1. The van der Waals surface area contributed by atoms with Crippen LogP contribution in [-0.2, 0) is 20.9 Å². The molecule has 1 atom stereocenters. The van der Waals surface area contributed by atoms with Crippen molar-refractivity contribution in [2.75, 3.05) is 4.90 Å². The summed E-state index contributed by atoms with van der Waals surface area (Å²) in [5, 5.41) is 9.38. The van der Waals surface area contributed by atoms with Crippen LogP contribution < -0.4 is 15.9 Å². The molecule has 0 bridgehead atoms. The van der Waals surface area contributed by atoms with Crippen molar-refractivity contribution < 1.29 is 28.6 Å². The van der Waals surface area contributed by atoms with Gasteiger partial charge in [0, 0.05) is 16.1 Å². The second-order valence-corrected chi connectivity index (χ2v) is 7.76. The molecule has 170 valence electrons. The van der Waals surface area contributed by atoms with E-state index in [1.54, 1.807) is 36.4 Å². The number of carbonyl (C=O) groups is 3. The topological polar surface area (TPSA) is 123 Å². The van der Waals surface area contributed by atoms with E-state index in [9.17, 15) is 18.8 Å². The quantitative estimate of drug-likeness (QED) is 0.296. The average Bonchev–Trinajstić information content (AvgIpc) is 2.74. The van der Waals surface area contributed by atoms with Gasteiger partial charge >= 0.3 is 18.0 Å². The number of carboxylic acids is 1. The normalized spacial score (nSPS) is 10.5. The lowest BCUT2D eigenvalue weighted by Crippen LogP contribution is -2.35. The smallest absolute Gasteiger partial charge is 0.325 e. The van der Waals surface area contributed by atoms with Gasteiger partial charge in [0.15, 0.2) is 0 Å². The Hall–Kier alpha value is -3.55. The summed E-state index contributed by atoms with van der Waals surface area (Å²) in [6.45, 7) is -0.296. The van der Waals surface area contributed by atoms with E-state index in [1.807, 2.05) is 0 Å². The first-order valence-corrected chi connectivity index (χ1v) is 10.4. The summed E-state index contributed by atoms with van der Waals surface area (Å²) in [4.78, 5) is 40.0. The minimum absolute atomic E-state index is 0.0580. The van der Waals surface area contributed by atoms with Gasteiger partial charge in [-0.2, -0.15) is 0 Å². The number of urea groups is 1. The van der Waals surface area contributed by atoms with Crippen molar-refractivity contribution in [1.82, 2.24) is 4.98 Å². The number of esters is 1. The molecule has 0 aliphatic heterocycles. The Morgan fingerprint density at radius 2 is 1.82 bits per heavy atom. The molecule has 3 rings (SSSR count). The molecule has 0 saturated heterocycles. The molecule has 33 heavy (non-hydrogen) atoms. The molecule has 0 saturated carbocycles. The third kappa shape index (κ3) is 5.63. The molecule has 0 aliphatic carbocycles. The Kier molecular flexibility index (Phi) is 7.58. The zero-order chi connectivity index (χ0) is 24.1. The van der Waals surface area contributed by atoms with Crippen molar-refractivity contribution in [3.63, 3.8) is 0 Å². The van der Waals surface area contributed by atoms with Crippen molar-refractivity contribution in [2.45, 2.75) is 13.0 Å². The van der Waals surface area contributed by atoms with E-state index >= 15 is 0 Å². The van der Waals surface area contributed by atoms with E-state index < -0.39 is 30.2 Å². The summed E-state index contributed by atoms with van der Waals surface area (Å²) in [7, 11) is 2.34. The number of anilines is 2. The fourth-order valence-corrected chi connectivity index (χ4v) is 3.68. The van der Waals surface area contributed by atoms with Crippen LogP contribution in [0.4, 0.5) is 20.7 Å². The molecule has 0 radical (unpaired) electrons. The molecule has 1 heterocycles. The first kappa shape index (κ1) is 24.1. The van der Waals surface area contributed by atoms with Crippen LogP contribution >= 0.6 is 20.8 Å². The summed E-state index contributed by atoms with van der Waals surface area (Å²) < 4.78 is 19.6. The zero-order valence-electron chi connectivity index (χ0n) is 17.0. The average molecular weight is 490 g/mol. The summed E-state index contributed by atoms with van der Waals surface area (Å²) >= 11 is 6.29. The van der Waals surface area contributed by atoms with Crippen LogP contribution in [0.1, 0.15) is 12.0 Å². The van der Waals surface area contributed by atoms with Crippen molar-refractivity contribution in [3.05, 3.63) is 71.0 Å². The van der Waals surface area contributed by atoms with Crippen LogP contribution in [0.5, 0.6) is 0 Å². The molecule has 11 heteroatoms. The minimum Gasteiger partial charge on any atom is -0.481 e. The maximum absolute atomic E-state index is 14.6.